The molecule has 0 bridgehead atoms. The zero-order chi connectivity index (χ0) is 23.0. The lowest BCUT2D eigenvalue weighted by atomic mass is 9.81. The van der Waals surface area contributed by atoms with E-state index in [0.29, 0.717) is 12.5 Å². The van der Waals surface area contributed by atoms with Crippen molar-refractivity contribution in [2.24, 2.45) is 13.0 Å². The second-order valence-electron chi connectivity index (χ2n) is 11.3. The third-order valence-corrected chi connectivity index (χ3v) is 11.5. The highest BCUT2D eigenvalue weighted by Gasteiger charge is 2.53. The molecule has 172 valence electrons. The van der Waals surface area contributed by atoms with Crippen molar-refractivity contribution in [3.63, 3.8) is 0 Å². The number of aryl methyl sites for hydroxylation is 1. The van der Waals surface area contributed by atoms with Gasteiger partial charge in [0.05, 0.1) is 29.5 Å². The molecule has 1 aromatic heterocycles. The van der Waals surface area contributed by atoms with Crippen molar-refractivity contribution in [2.45, 2.75) is 97.6 Å². The van der Waals surface area contributed by atoms with E-state index in [9.17, 15) is 0 Å². The van der Waals surface area contributed by atoms with E-state index in [4.69, 9.17) is 18.5 Å². The Kier molecular flexibility index (Phi) is 7.60. The van der Waals surface area contributed by atoms with E-state index < -0.39 is 15.4 Å². The summed E-state index contributed by atoms with van der Waals surface area (Å²) < 4.78 is 26.6. The van der Waals surface area contributed by atoms with Crippen LogP contribution in [0.15, 0.2) is 6.20 Å². The molecule has 1 fully saturated rings. The van der Waals surface area contributed by atoms with Gasteiger partial charge in [-0.25, -0.2) is 4.68 Å². The Morgan fingerprint density at radius 3 is 2.27 bits per heavy atom. The second kappa shape index (κ2) is 8.96. The smallest absolute Gasteiger partial charge is 0.478 e. The predicted octanol–water partition coefficient (Wildman–Crippen LogP) is 4.54. The van der Waals surface area contributed by atoms with Crippen LogP contribution in [0, 0.1) is 5.92 Å². The van der Waals surface area contributed by atoms with Crippen LogP contribution in [0.3, 0.4) is 0 Å². The molecule has 0 spiro atoms. The van der Waals surface area contributed by atoms with Crippen molar-refractivity contribution in [1.82, 2.24) is 9.78 Å². The maximum absolute atomic E-state index is 6.35. The predicted molar refractivity (Wildman–Crippen MR) is 126 cm³/mol. The Labute approximate surface area is 185 Å². The quantitative estimate of drug-likeness (QED) is 0.419. The first-order valence-corrected chi connectivity index (χ1v) is 14.1. The monoisotopic (exact) mass is 438 g/mol. The van der Waals surface area contributed by atoms with Crippen molar-refractivity contribution in [3.8, 4) is 5.88 Å². The molecule has 1 atom stereocenters. The normalized spacial score (nSPS) is 19.9. The van der Waals surface area contributed by atoms with E-state index in [1.807, 2.05) is 7.05 Å². The molecule has 1 aromatic rings. The van der Waals surface area contributed by atoms with Crippen LogP contribution < -0.4 is 10.2 Å². The zero-order valence-corrected chi connectivity index (χ0v) is 22.1. The minimum atomic E-state index is -1.68. The molecule has 30 heavy (non-hydrogen) atoms. The van der Waals surface area contributed by atoms with Gasteiger partial charge >= 0.3 is 7.12 Å². The fourth-order valence-corrected chi connectivity index (χ4v) is 4.14. The Bertz CT molecular complexity index is 696. The summed E-state index contributed by atoms with van der Waals surface area (Å²) in [6, 6.07) is 0. The molecular weight excluding hydrogens is 395 g/mol. The standard InChI is InChI=1S/C22H43BN2O4Si/c1-17(16-27-30(10,11)20(2,3)4)13-12-14-26-19-18(15-24-25(19)9)23-28-21(5,6)22(7,8)29-23/h15,17H,12-14,16H2,1-11H3. The van der Waals surface area contributed by atoms with E-state index >= 15 is 0 Å². The van der Waals surface area contributed by atoms with Crippen LogP contribution in [0.2, 0.25) is 18.1 Å². The second-order valence-corrected chi connectivity index (χ2v) is 16.1. The van der Waals surface area contributed by atoms with Gasteiger partial charge in [0.2, 0.25) is 5.88 Å². The van der Waals surface area contributed by atoms with Gasteiger partial charge < -0.3 is 18.5 Å². The van der Waals surface area contributed by atoms with E-state index in [0.717, 1.165) is 30.8 Å². The summed E-state index contributed by atoms with van der Waals surface area (Å²) in [5.41, 5.74) is 0.0831. The lowest BCUT2D eigenvalue weighted by Gasteiger charge is -2.37. The van der Waals surface area contributed by atoms with Crippen LogP contribution in [-0.2, 0) is 20.8 Å². The average molecular weight is 438 g/mol. The van der Waals surface area contributed by atoms with Crippen molar-refractivity contribution >= 4 is 20.9 Å². The van der Waals surface area contributed by atoms with Crippen LogP contribution in [-0.4, -0.2) is 49.6 Å². The van der Waals surface area contributed by atoms with Gasteiger partial charge in [0, 0.05) is 13.7 Å². The van der Waals surface area contributed by atoms with Crippen molar-refractivity contribution in [3.05, 3.63) is 6.20 Å². The highest BCUT2D eigenvalue weighted by molar-refractivity contribution is 6.74. The summed E-state index contributed by atoms with van der Waals surface area (Å²) in [7, 11) is -0.257. The molecule has 0 amide bonds. The van der Waals surface area contributed by atoms with Crippen LogP contribution in [0.25, 0.3) is 0 Å². The van der Waals surface area contributed by atoms with Crippen molar-refractivity contribution < 1.29 is 18.5 Å². The topological polar surface area (TPSA) is 54.7 Å². The summed E-state index contributed by atoms with van der Waals surface area (Å²) in [4.78, 5) is 0. The first kappa shape index (κ1) is 25.4. The average Bonchev–Trinajstić information content (AvgIpc) is 3.05. The van der Waals surface area contributed by atoms with E-state index in [2.05, 4.69) is 73.6 Å². The zero-order valence-electron chi connectivity index (χ0n) is 21.1. The van der Waals surface area contributed by atoms with Crippen molar-refractivity contribution in [2.75, 3.05) is 13.2 Å². The molecule has 0 aromatic carbocycles. The third kappa shape index (κ3) is 5.69. The van der Waals surface area contributed by atoms with Crippen LogP contribution in [0.5, 0.6) is 5.88 Å². The summed E-state index contributed by atoms with van der Waals surface area (Å²) in [6.45, 7) is 23.4. The number of hydrogen-bond acceptors (Lipinski definition) is 5. The molecule has 0 N–H and O–H groups in total. The lowest BCUT2D eigenvalue weighted by Crippen LogP contribution is -2.41. The first-order valence-electron chi connectivity index (χ1n) is 11.2. The maximum atomic E-state index is 6.35. The minimum Gasteiger partial charge on any atom is -0.478 e. The summed E-state index contributed by atoms with van der Waals surface area (Å²) >= 11 is 0. The fraction of sp³-hybridized carbons (Fsp3) is 0.864. The van der Waals surface area contributed by atoms with Gasteiger partial charge in [-0.2, -0.15) is 5.10 Å². The van der Waals surface area contributed by atoms with Crippen molar-refractivity contribution in [1.29, 1.82) is 0 Å². The number of rotatable bonds is 9. The molecule has 1 unspecified atom stereocenters. The van der Waals surface area contributed by atoms with Crippen LogP contribution in [0.1, 0.15) is 68.2 Å². The molecule has 8 heteroatoms. The van der Waals surface area contributed by atoms with Gasteiger partial charge in [-0.05, 0) is 64.6 Å². The molecule has 0 aliphatic carbocycles. The third-order valence-electron chi connectivity index (χ3n) is 7.03. The van der Waals surface area contributed by atoms with Gasteiger partial charge in [0.1, 0.15) is 0 Å². The van der Waals surface area contributed by atoms with E-state index in [-0.39, 0.29) is 16.2 Å². The molecule has 0 radical (unpaired) electrons. The highest BCUT2D eigenvalue weighted by atomic mass is 28.4. The summed E-state index contributed by atoms with van der Waals surface area (Å²) in [6.07, 6.45) is 3.82. The molecular formula is C22H43BN2O4Si. The highest BCUT2D eigenvalue weighted by Crippen LogP contribution is 2.38. The number of aromatic nitrogens is 2. The molecule has 1 aliphatic rings. The molecule has 2 heterocycles. The Morgan fingerprint density at radius 2 is 1.73 bits per heavy atom. The molecule has 0 saturated carbocycles. The molecule has 1 aliphatic heterocycles. The molecule has 2 rings (SSSR count). The van der Waals surface area contributed by atoms with Gasteiger partial charge in [0.15, 0.2) is 8.32 Å². The van der Waals surface area contributed by atoms with Gasteiger partial charge in [-0.1, -0.05) is 27.7 Å². The van der Waals surface area contributed by atoms with Gasteiger partial charge in [-0.3, -0.25) is 0 Å². The number of nitrogens with zero attached hydrogens (tertiary/aromatic N) is 2. The van der Waals surface area contributed by atoms with Crippen LogP contribution in [0.4, 0.5) is 0 Å². The van der Waals surface area contributed by atoms with E-state index in [1.54, 1.807) is 10.9 Å². The Balaban J connectivity index is 1.85. The Morgan fingerprint density at radius 1 is 1.17 bits per heavy atom. The largest absolute Gasteiger partial charge is 0.502 e. The molecule has 6 nitrogen and oxygen atoms in total. The maximum Gasteiger partial charge on any atom is 0.502 e. The Hall–Kier alpha value is -0.828. The van der Waals surface area contributed by atoms with Crippen LogP contribution >= 0.6 is 0 Å². The SMILES string of the molecule is CC(CCCOc1c(B2OC(C)(C)C(C)(C)O2)cnn1C)CO[Si](C)(C)C(C)(C)C. The van der Waals surface area contributed by atoms with E-state index in [1.165, 1.54) is 0 Å². The summed E-state index contributed by atoms with van der Waals surface area (Å²) in [5, 5.41) is 4.62. The molecule has 1 saturated heterocycles. The number of hydrogen-bond donors (Lipinski definition) is 0. The minimum absolute atomic E-state index is 0.249. The lowest BCUT2D eigenvalue weighted by molar-refractivity contribution is 0.00578. The fourth-order valence-electron chi connectivity index (χ4n) is 3.00. The van der Waals surface area contributed by atoms with Gasteiger partial charge in [0.25, 0.3) is 0 Å². The number of ether oxygens (including phenoxy) is 1. The summed E-state index contributed by atoms with van der Waals surface area (Å²) in [5.74, 6) is 1.23. The first-order chi connectivity index (χ1) is 13.6. The van der Waals surface area contributed by atoms with Gasteiger partial charge in [-0.15, -0.1) is 0 Å².